The summed E-state index contributed by atoms with van der Waals surface area (Å²) in [4.78, 5) is 21.4. The summed E-state index contributed by atoms with van der Waals surface area (Å²) in [6, 6.07) is 9.83. The van der Waals surface area contributed by atoms with Crippen LogP contribution in [0, 0.1) is 0 Å². The standard InChI is InChI=1S/C22H32N6O2/c1-3-6-21(29)25-19-8-5-7-18(15-19)16-24-22(23-4-2)28-12-10-27(11-13-28)17-20-9-14-30-26-20/h5,7-9,14-15H,3-4,6,10-13,16-17H2,1-2H3,(H,23,24)(H,25,29). The first-order valence-electron chi connectivity index (χ1n) is 10.7. The van der Waals surface area contributed by atoms with Gasteiger partial charge in [0, 0.05) is 57.4 Å². The molecule has 1 aliphatic heterocycles. The van der Waals surface area contributed by atoms with E-state index in [4.69, 9.17) is 9.52 Å². The molecular formula is C22H32N6O2. The summed E-state index contributed by atoms with van der Waals surface area (Å²) in [5.74, 6) is 0.981. The molecule has 2 aromatic rings. The number of amides is 1. The lowest BCUT2D eigenvalue weighted by Crippen LogP contribution is -2.52. The van der Waals surface area contributed by atoms with Crippen LogP contribution in [0.15, 0.2) is 46.1 Å². The number of carbonyl (C=O) groups is 1. The van der Waals surface area contributed by atoms with Gasteiger partial charge < -0.3 is 20.1 Å². The second kappa shape index (κ2) is 11.3. The van der Waals surface area contributed by atoms with Crippen molar-refractivity contribution in [2.24, 2.45) is 4.99 Å². The minimum Gasteiger partial charge on any atom is -0.364 e. The Bertz CT molecular complexity index is 813. The predicted molar refractivity (Wildman–Crippen MR) is 118 cm³/mol. The number of rotatable bonds is 8. The van der Waals surface area contributed by atoms with Crippen LogP contribution in [0.2, 0.25) is 0 Å². The second-order valence-electron chi connectivity index (χ2n) is 7.42. The third-order valence-electron chi connectivity index (χ3n) is 4.98. The Labute approximate surface area is 178 Å². The second-order valence-corrected chi connectivity index (χ2v) is 7.42. The fourth-order valence-electron chi connectivity index (χ4n) is 3.46. The van der Waals surface area contributed by atoms with Crippen LogP contribution in [-0.2, 0) is 17.9 Å². The Balaban J connectivity index is 1.56. The van der Waals surface area contributed by atoms with Crippen LogP contribution in [0.5, 0.6) is 0 Å². The molecule has 8 heteroatoms. The Morgan fingerprint density at radius 3 is 2.73 bits per heavy atom. The number of aliphatic imine (C=N–C) groups is 1. The molecule has 0 saturated carbocycles. The van der Waals surface area contributed by atoms with E-state index in [1.165, 1.54) is 0 Å². The monoisotopic (exact) mass is 412 g/mol. The largest absolute Gasteiger partial charge is 0.364 e. The zero-order chi connectivity index (χ0) is 21.2. The van der Waals surface area contributed by atoms with Crippen LogP contribution in [0.3, 0.4) is 0 Å². The smallest absolute Gasteiger partial charge is 0.224 e. The number of nitrogens with zero attached hydrogens (tertiary/aromatic N) is 4. The highest BCUT2D eigenvalue weighted by molar-refractivity contribution is 5.90. The molecule has 1 aromatic carbocycles. The number of piperazine rings is 1. The van der Waals surface area contributed by atoms with Crippen molar-refractivity contribution < 1.29 is 9.32 Å². The van der Waals surface area contributed by atoms with E-state index in [0.29, 0.717) is 13.0 Å². The van der Waals surface area contributed by atoms with Crippen LogP contribution in [0.25, 0.3) is 0 Å². The van der Waals surface area contributed by atoms with Gasteiger partial charge in [-0.05, 0) is 31.0 Å². The summed E-state index contributed by atoms with van der Waals surface area (Å²) < 4.78 is 4.92. The van der Waals surface area contributed by atoms with E-state index in [-0.39, 0.29) is 5.91 Å². The molecule has 0 aliphatic carbocycles. The molecule has 3 rings (SSSR count). The Hall–Kier alpha value is -2.87. The van der Waals surface area contributed by atoms with E-state index >= 15 is 0 Å². The fourth-order valence-corrected chi connectivity index (χ4v) is 3.46. The lowest BCUT2D eigenvalue weighted by atomic mass is 10.2. The number of hydrogen-bond donors (Lipinski definition) is 2. The van der Waals surface area contributed by atoms with E-state index in [1.54, 1.807) is 6.26 Å². The van der Waals surface area contributed by atoms with Gasteiger partial charge in [0.15, 0.2) is 5.96 Å². The number of guanidine groups is 1. The molecule has 0 radical (unpaired) electrons. The van der Waals surface area contributed by atoms with Crippen molar-refractivity contribution >= 4 is 17.6 Å². The highest BCUT2D eigenvalue weighted by Crippen LogP contribution is 2.13. The van der Waals surface area contributed by atoms with Crippen molar-refractivity contribution in [3.63, 3.8) is 0 Å². The molecule has 1 aromatic heterocycles. The van der Waals surface area contributed by atoms with Gasteiger partial charge in [0.1, 0.15) is 6.26 Å². The average molecular weight is 413 g/mol. The molecule has 30 heavy (non-hydrogen) atoms. The van der Waals surface area contributed by atoms with E-state index in [0.717, 1.165) is 68.6 Å². The molecule has 1 fully saturated rings. The fraction of sp³-hybridized carbons (Fsp3) is 0.500. The Morgan fingerprint density at radius 1 is 1.20 bits per heavy atom. The molecule has 0 spiro atoms. The van der Waals surface area contributed by atoms with Crippen molar-refractivity contribution in [3.05, 3.63) is 47.9 Å². The molecule has 162 valence electrons. The molecule has 1 aliphatic rings. The van der Waals surface area contributed by atoms with E-state index < -0.39 is 0 Å². The number of aromatic nitrogens is 1. The molecule has 2 heterocycles. The van der Waals surface area contributed by atoms with Crippen molar-refractivity contribution in [3.8, 4) is 0 Å². The van der Waals surface area contributed by atoms with Gasteiger partial charge in [-0.2, -0.15) is 0 Å². The molecule has 8 nitrogen and oxygen atoms in total. The first-order valence-corrected chi connectivity index (χ1v) is 10.7. The highest BCUT2D eigenvalue weighted by atomic mass is 16.5. The number of carbonyl (C=O) groups excluding carboxylic acids is 1. The maximum absolute atomic E-state index is 11.8. The van der Waals surface area contributed by atoms with Gasteiger partial charge in [-0.25, -0.2) is 4.99 Å². The highest BCUT2D eigenvalue weighted by Gasteiger charge is 2.20. The minimum atomic E-state index is 0.0509. The van der Waals surface area contributed by atoms with Gasteiger partial charge in [0.2, 0.25) is 5.91 Å². The van der Waals surface area contributed by atoms with Crippen LogP contribution >= 0.6 is 0 Å². The van der Waals surface area contributed by atoms with E-state index in [1.807, 2.05) is 37.3 Å². The molecule has 0 bridgehead atoms. The maximum atomic E-state index is 11.8. The lowest BCUT2D eigenvalue weighted by Gasteiger charge is -2.36. The third kappa shape index (κ3) is 6.59. The van der Waals surface area contributed by atoms with Gasteiger partial charge in [-0.1, -0.05) is 24.2 Å². The summed E-state index contributed by atoms with van der Waals surface area (Å²) in [5, 5.41) is 10.4. The van der Waals surface area contributed by atoms with Gasteiger partial charge in [-0.15, -0.1) is 0 Å². The van der Waals surface area contributed by atoms with E-state index in [9.17, 15) is 4.79 Å². The summed E-state index contributed by atoms with van der Waals surface area (Å²) >= 11 is 0. The molecule has 0 atom stereocenters. The van der Waals surface area contributed by atoms with E-state index in [2.05, 4.69) is 32.5 Å². The SMILES string of the molecule is CCCC(=O)Nc1cccc(CN=C(NCC)N2CCN(Cc3ccon3)CC2)c1. The normalized spacial score (nSPS) is 15.3. The van der Waals surface area contributed by atoms with Gasteiger partial charge >= 0.3 is 0 Å². The van der Waals surface area contributed by atoms with Crippen LogP contribution in [0.4, 0.5) is 5.69 Å². The number of nitrogens with one attached hydrogen (secondary N) is 2. The molecular weight excluding hydrogens is 380 g/mol. The van der Waals surface area contributed by atoms with Crippen molar-refractivity contribution in [2.75, 3.05) is 38.0 Å². The van der Waals surface area contributed by atoms with Crippen LogP contribution in [-0.4, -0.2) is 59.5 Å². The quantitative estimate of drug-likeness (QED) is 0.512. The third-order valence-corrected chi connectivity index (χ3v) is 4.98. The van der Waals surface area contributed by atoms with Crippen molar-refractivity contribution in [1.29, 1.82) is 0 Å². The zero-order valence-corrected chi connectivity index (χ0v) is 17.9. The zero-order valence-electron chi connectivity index (χ0n) is 17.9. The van der Waals surface area contributed by atoms with Crippen LogP contribution < -0.4 is 10.6 Å². The van der Waals surface area contributed by atoms with Gasteiger partial charge in [-0.3, -0.25) is 9.69 Å². The maximum Gasteiger partial charge on any atom is 0.224 e. The van der Waals surface area contributed by atoms with Crippen molar-refractivity contribution in [2.45, 2.75) is 39.8 Å². The Morgan fingerprint density at radius 2 is 2.03 bits per heavy atom. The molecule has 1 saturated heterocycles. The predicted octanol–water partition coefficient (Wildman–Crippen LogP) is 2.70. The average Bonchev–Trinajstić information content (AvgIpc) is 3.25. The molecule has 1 amide bonds. The minimum absolute atomic E-state index is 0.0509. The number of anilines is 1. The van der Waals surface area contributed by atoms with Crippen molar-refractivity contribution in [1.82, 2.24) is 20.3 Å². The number of hydrogen-bond acceptors (Lipinski definition) is 5. The summed E-state index contributed by atoms with van der Waals surface area (Å²) in [5.41, 5.74) is 2.87. The lowest BCUT2D eigenvalue weighted by molar-refractivity contribution is -0.116. The number of benzene rings is 1. The van der Waals surface area contributed by atoms with Gasteiger partial charge in [0.25, 0.3) is 0 Å². The molecule has 2 N–H and O–H groups in total. The summed E-state index contributed by atoms with van der Waals surface area (Å²) in [7, 11) is 0. The molecule has 0 unspecified atom stereocenters. The first-order chi connectivity index (χ1) is 14.7. The summed E-state index contributed by atoms with van der Waals surface area (Å²) in [6.45, 7) is 10.0. The topological polar surface area (TPSA) is 86.0 Å². The summed E-state index contributed by atoms with van der Waals surface area (Å²) in [6.07, 6.45) is 3.00. The first kappa shape index (κ1) is 21.8. The Kier molecular flexibility index (Phi) is 8.26. The van der Waals surface area contributed by atoms with Gasteiger partial charge in [0.05, 0.1) is 12.2 Å². The van der Waals surface area contributed by atoms with Crippen LogP contribution in [0.1, 0.15) is 37.9 Å².